The highest BCUT2D eigenvalue weighted by molar-refractivity contribution is 7.11. The van der Waals surface area contributed by atoms with Gasteiger partial charge in [0.1, 0.15) is 0 Å². The molecule has 1 aromatic heterocycles. The van der Waals surface area contributed by atoms with Gasteiger partial charge in [0.2, 0.25) is 0 Å². The van der Waals surface area contributed by atoms with E-state index in [2.05, 4.69) is 36.1 Å². The molecule has 0 amide bonds. The predicted octanol–water partition coefficient (Wildman–Crippen LogP) is 1.18. The molecule has 1 atom stereocenters. The van der Waals surface area contributed by atoms with E-state index in [1.807, 2.05) is 0 Å². The normalized spacial score (nSPS) is 21.9. The van der Waals surface area contributed by atoms with E-state index in [-0.39, 0.29) is 0 Å². The first kappa shape index (κ1) is 13.0. The van der Waals surface area contributed by atoms with Crippen LogP contribution < -0.4 is 5.32 Å². The van der Waals surface area contributed by atoms with E-state index in [1.165, 1.54) is 4.88 Å². The molecule has 0 aliphatic carbocycles. The summed E-state index contributed by atoms with van der Waals surface area (Å²) in [5.41, 5.74) is 1.15. The van der Waals surface area contributed by atoms with Crippen LogP contribution in [0.4, 0.5) is 0 Å². The summed E-state index contributed by atoms with van der Waals surface area (Å²) in [7, 11) is 2.15. The lowest BCUT2D eigenvalue weighted by molar-refractivity contribution is -0.0182. The Kier molecular flexibility index (Phi) is 4.50. The molecular formula is C12H21N3OS. The zero-order valence-corrected chi connectivity index (χ0v) is 11.6. The predicted molar refractivity (Wildman–Crippen MR) is 70.5 cm³/mol. The van der Waals surface area contributed by atoms with Gasteiger partial charge in [0, 0.05) is 31.1 Å². The van der Waals surface area contributed by atoms with Crippen molar-refractivity contribution in [2.75, 3.05) is 33.3 Å². The molecular weight excluding hydrogens is 234 g/mol. The van der Waals surface area contributed by atoms with Crippen LogP contribution in [0.1, 0.15) is 15.6 Å². The maximum Gasteiger partial charge on any atom is 0.0900 e. The zero-order valence-electron chi connectivity index (χ0n) is 10.8. The lowest BCUT2D eigenvalue weighted by Gasteiger charge is -2.30. The molecule has 0 aromatic carbocycles. The third-order valence-corrected chi connectivity index (χ3v) is 4.07. The highest BCUT2D eigenvalue weighted by atomic mass is 32.1. The van der Waals surface area contributed by atoms with E-state index in [4.69, 9.17) is 4.74 Å². The maximum atomic E-state index is 5.71. The highest BCUT2D eigenvalue weighted by Crippen LogP contribution is 2.16. The lowest BCUT2D eigenvalue weighted by atomic mass is 10.3. The van der Waals surface area contributed by atoms with Crippen LogP contribution in [-0.4, -0.2) is 49.3 Å². The molecule has 1 aliphatic rings. The van der Waals surface area contributed by atoms with Crippen LogP contribution in [0.2, 0.25) is 0 Å². The van der Waals surface area contributed by atoms with Gasteiger partial charge in [-0.1, -0.05) is 0 Å². The first-order chi connectivity index (χ1) is 8.15. The standard InChI is InChI=1S/C12H21N3OS/c1-9-12(17-10(2)14-9)7-13-6-11-8-15(3)4-5-16-11/h11,13H,4-8H2,1-3H3. The summed E-state index contributed by atoms with van der Waals surface area (Å²) >= 11 is 1.78. The second-order valence-corrected chi connectivity index (χ2v) is 5.92. The fourth-order valence-electron chi connectivity index (χ4n) is 2.07. The van der Waals surface area contributed by atoms with E-state index in [0.29, 0.717) is 6.10 Å². The SMILES string of the molecule is Cc1nc(C)c(CNCC2CN(C)CCO2)s1. The number of hydrogen-bond acceptors (Lipinski definition) is 5. The number of likely N-dealkylation sites (N-methyl/N-ethyl adjacent to an activating group) is 1. The Bertz CT molecular complexity index is 367. The second kappa shape index (κ2) is 5.91. The molecule has 5 heteroatoms. The van der Waals surface area contributed by atoms with Crippen molar-refractivity contribution in [2.45, 2.75) is 26.5 Å². The minimum Gasteiger partial charge on any atom is -0.374 e. The summed E-state index contributed by atoms with van der Waals surface area (Å²) in [4.78, 5) is 8.08. The molecule has 1 unspecified atom stereocenters. The van der Waals surface area contributed by atoms with Crippen LogP contribution in [-0.2, 0) is 11.3 Å². The molecule has 1 aromatic rings. The Morgan fingerprint density at radius 1 is 1.53 bits per heavy atom. The minimum absolute atomic E-state index is 0.322. The largest absolute Gasteiger partial charge is 0.374 e. The summed E-state index contributed by atoms with van der Waals surface area (Å²) in [6, 6.07) is 0. The van der Waals surface area contributed by atoms with Gasteiger partial charge in [-0.2, -0.15) is 0 Å². The molecule has 0 bridgehead atoms. The molecule has 0 saturated carbocycles. The molecule has 1 fully saturated rings. The fourth-order valence-corrected chi connectivity index (χ4v) is 2.98. The van der Waals surface area contributed by atoms with Gasteiger partial charge >= 0.3 is 0 Å². The van der Waals surface area contributed by atoms with E-state index >= 15 is 0 Å². The molecule has 17 heavy (non-hydrogen) atoms. The quantitative estimate of drug-likeness (QED) is 0.877. The Balaban J connectivity index is 1.74. The van der Waals surface area contributed by atoms with Gasteiger partial charge in [0.15, 0.2) is 0 Å². The Labute approximate surface area is 107 Å². The first-order valence-corrected chi connectivity index (χ1v) is 6.90. The van der Waals surface area contributed by atoms with Crippen LogP contribution in [0.25, 0.3) is 0 Å². The van der Waals surface area contributed by atoms with E-state index in [0.717, 1.165) is 43.5 Å². The summed E-state index contributed by atoms with van der Waals surface area (Å²) in [5.74, 6) is 0. The average molecular weight is 255 g/mol. The van der Waals surface area contributed by atoms with Gasteiger partial charge in [-0.25, -0.2) is 4.98 Å². The number of thiazole rings is 1. The number of nitrogens with zero attached hydrogens (tertiary/aromatic N) is 2. The monoisotopic (exact) mass is 255 g/mol. The topological polar surface area (TPSA) is 37.4 Å². The van der Waals surface area contributed by atoms with E-state index < -0.39 is 0 Å². The smallest absolute Gasteiger partial charge is 0.0900 e. The Hall–Kier alpha value is -0.490. The second-order valence-electron chi connectivity index (χ2n) is 4.63. The Morgan fingerprint density at radius 3 is 3.00 bits per heavy atom. The average Bonchev–Trinajstić information content (AvgIpc) is 2.58. The van der Waals surface area contributed by atoms with Crippen molar-refractivity contribution in [3.8, 4) is 0 Å². The van der Waals surface area contributed by atoms with Crippen LogP contribution in [0.5, 0.6) is 0 Å². The Morgan fingerprint density at radius 2 is 2.35 bits per heavy atom. The molecule has 2 rings (SSSR count). The van der Waals surface area contributed by atoms with Crippen molar-refractivity contribution in [3.05, 3.63) is 15.6 Å². The first-order valence-electron chi connectivity index (χ1n) is 6.09. The summed E-state index contributed by atoms with van der Waals surface area (Å²) in [6.45, 7) is 8.87. The number of aromatic nitrogens is 1. The van der Waals surface area contributed by atoms with Gasteiger partial charge in [-0.05, 0) is 20.9 Å². The number of ether oxygens (including phenoxy) is 1. The summed E-state index contributed by atoms with van der Waals surface area (Å²) in [6.07, 6.45) is 0.322. The van der Waals surface area contributed by atoms with Crippen molar-refractivity contribution >= 4 is 11.3 Å². The van der Waals surface area contributed by atoms with Gasteiger partial charge in [0.25, 0.3) is 0 Å². The van der Waals surface area contributed by atoms with Gasteiger partial charge in [-0.3, -0.25) is 0 Å². The van der Waals surface area contributed by atoms with Crippen molar-refractivity contribution in [2.24, 2.45) is 0 Å². The minimum atomic E-state index is 0.322. The molecule has 4 nitrogen and oxygen atoms in total. The van der Waals surface area contributed by atoms with Crippen LogP contribution in [0, 0.1) is 13.8 Å². The number of rotatable bonds is 4. The molecule has 1 N–H and O–H groups in total. The van der Waals surface area contributed by atoms with Crippen molar-refractivity contribution in [1.82, 2.24) is 15.2 Å². The van der Waals surface area contributed by atoms with Crippen molar-refractivity contribution in [3.63, 3.8) is 0 Å². The summed E-state index contributed by atoms with van der Waals surface area (Å²) in [5, 5.41) is 4.61. The van der Waals surface area contributed by atoms with Gasteiger partial charge in [-0.15, -0.1) is 11.3 Å². The summed E-state index contributed by atoms with van der Waals surface area (Å²) < 4.78 is 5.71. The number of morpholine rings is 1. The maximum absolute atomic E-state index is 5.71. The van der Waals surface area contributed by atoms with Crippen LogP contribution in [0.15, 0.2) is 0 Å². The number of aryl methyl sites for hydroxylation is 2. The van der Waals surface area contributed by atoms with Gasteiger partial charge < -0.3 is 15.0 Å². The lowest BCUT2D eigenvalue weighted by Crippen LogP contribution is -2.44. The molecule has 1 saturated heterocycles. The third kappa shape index (κ3) is 3.74. The number of hydrogen-bond donors (Lipinski definition) is 1. The molecule has 0 spiro atoms. The molecule has 2 heterocycles. The van der Waals surface area contributed by atoms with E-state index in [9.17, 15) is 0 Å². The third-order valence-electron chi connectivity index (χ3n) is 3.00. The fraction of sp³-hybridized carbons (Fsp3) is 0.750. The van der Waals surface area contributed by atoms with Crippen molar-refractivity contribution < 1.29 is 4.74 Å². The van der Waals surface area contributed by atoms with Crippen molar-refractivity contribution in [1.29, 1.82) is 0 Å². The van der Waals surface area contributed by atoms with Gasteiger partial charge in [0.05, 0.1) is 23.4 Å². The molecule has 96 valence electrons. The van der Waals surface area contributed by atoms with Crippen LogP contribution in [0.3, 0.4) is 0 Å². The zero-order chi connectivity index (χ0) is 12.3. The highest BCUT2D eigenvalue weighted by Gasteiger charge is 2.17. The van der Waals surface area contributed by atoms with E-state index in [1.54, 1.807) is 11.3 Å². The molecule has 1 aliphatic heterocycles. The molecule has 0 radical (unpaired) electrons. The van der Waals surface area contributed by atoms with Crippen LogP contribution >= 0.6 is 11.3 Å². The number of nitrogens with one attached hydrogen (secondary N) is 1.